The summed E-state index contributed by atoms with van der Waals surface area (Å²) in [5.41, 5.74) is 1.10. The SMILES string of the molecule is CCC(=O)N(CCC(C(F)F)N(C(=O)CC)c1ccccc1)c1ccccc1. The summed E-state index contributed by atoms with van der Waals surface area (Å²) in [7, 11) is 0. The fourth-order valence-electron chi connectivity index (χ4n) is 3.11. The maximum atomic E-state index is 14.0. The molecular weight excluding hydrogens is 362 g/mol. The van der Waals surface area contributed by atoms with E-state index in [1.165, 1.54) is 9.80 Å². The minimum Gasteiger partial charge on any atom is -0.312 e. The Bertz CT molecular complexity index is 754. The molecule has 1 unspecified atom stereocenters. The number of para-hydroxylation sites is 2. The quantitative estimate of drug-likeness (QED) is 0.613. The number of hydrogen-bond acceptors (Lipinski definition) is 2. The highest BCUT2D eigenvalue weighted by atomic mass is 19.3. The summed E-state index contributed by atoms with van der Waals surface area (Å²) in [5.74, 6) is -0.517. The molecule has 150 valence electrons. The Hall–Kier alpha value is -2.76. The Morgan fingerprint density at radius 3 is 1.79 bits per heavy atom. The second-order valence-electron chi connectivity index (χ2n) is 6.38. The van der Waals surface area contributed by atoms with Crippen molar-refractivity contribution in [2.45, 2.75) is 45.6 Å². The predicted molar refractivity (Wildman–Crippen MR) is 108 cm³/mol. The van der Waals surface area contributed by atoms with Crippen LogP contribution in [0.4, 0.5) is 20.2 Å². The van der Waals surface area contributed by atoms with E-state index in [4.69, 9.17) is 0 Å². The molecule has 0 fully saturated rings. The summed E-state index contributed by atoms with van der Waals surface area (Å²) in [6.45, 7) is 3.49. The van der Waals surface area contributed by atoms with Crippen molar-refractivity contribution >= 4 is 23.2 Å². The molecule has 0 aliphatic carbocycles. The average molecular weight is 388 g/mol. The first-order valence-electron chi connectivity index (χ1n) is 9.50. The van der Waals surface area contributed by atoms with Gasteiger partial charge in [0.15, 0.2) is 0 Å². The molecule has 28 heavy (non-hydrogen) atoms. The standard InChI is InChI=1S/C22H26F2N2O2/c1-3-20(27)25(17-11-7-5-8-12-17)16-15-19(22(23)24)26(21(28)4-2)18-13-9-6-10-14-18/h5-14,19,22H,3-4,15-16H2,1-2H3. The summed E-state index contributed by atoms with van der Waals surface area (Å²) in [6.07, 6.45) is -2.37. The van der Waals surface area contributed by atoms with Crippen LogP contribution >= 0.6 is 0 Å². The predicted octanol–water partition coefficient (Wildman–Crippen LogP) is 4.90. The monoisotopic (exact) mass is 388 g/mol. The zero-order valence-corrected chi connectivity index (χ0v) is 16.2. The molecule has 0 radical (unpaired) electrons. The molecule has 0 aliphatic rings. The minimum atomic E-state index is -2.73. The third-order valence-electron chi connectivity index (χ3n) is 4.55. The Labute approximate surface area is 164 Å². The van der Waals surface area contributed by atoms with E-state index in [2.05, 4.69) is 0 Å². The zero-order chi connectivity index (χ0) is 20.5. The van der Waals surface area contributed by atoms with E-state index in [0.29, 0.717) is 11.4 Å². The molecule has 4 nitrogen and oxygen atoms in total. The number of nitrogens with zero attached hydrogens (tertiary/aromatic N) is 2. The van der Waals surface area contributed by atoms with Crippen molar-refractivity contribution in [2.75, 3.05) is 16.3 Å². The van der Waals surface area contributed by atoms with Gasteiger partial charge in [0.1, 0.15) is 0 Å². The normalized spacial score (nSPS) is 11.9. The van der Waals surface area contributed by atoms with E-state index < -0.39 is 12.5 Å². The van der Waals surface area contributed by atoms with Crippen molar-refractivity contribution in [3.63, 3.8) is 0 Å². The van der Waals surface area contributed by atoms with Gasteiger partial charge >= 0.3 is 0 Å². The van der Waals surface area contributed by atoms with Gasteiger partial charge in [0, 0.05) is 30.8 Å². The van der Waals surface area contributed by atoms with Crippen LogP contribution in [0.2, 0.25) is 0 Å². The number of halogens is 2. The first-order chi connectivity index (χ1) is 13.5. The molecule has 0 aromatic heterocycles. The van der Waals surface area contributed by atoms with Crippen LogP contribution < -0.4 is 9.80 Å². The number of carbonyl (C=O) groups is 2. The van der Waals surface area contributed by atoms with Crippen LogP contribution in [0.5, 0.6) is 0 Å². The highest BCUT2D eigenvalue weighted by molar-refractivity contribution is 5.94. The van der Waals surface area contributed by atoms with E-state index in [9.17, 15) is 18.4 Å². The first-order valence-corrected chi connectivity index (χ1v) is 9.50. The van der Waals surface area contributed by atoms with Gasteiger partial charge in [-0.05, 0) is 30.7 Å². The van der Waals surface area contributed by atoms with Crippen molar-refractivity contribution in [2.24, 2.45) is 0 Å². The lowest BCUT2D eigenvalue weighted by Gasteiger charge is -2.33. The molecule has 0 saturated heterocycles. The second kappa shape index (κ2) is 10.5. The molecule has 0 bridgehead atoms. The fourth-order valence-corrected chi connectivity index (χ4v) is 3.11. The lowest BCUT2D eigenvalue weighted by Crippen LogP contribution is -2.47. The first kappa shape index (κ1) is 21.5. The molecule has 2 rings (SSSR count). The number of amides is 2. The molecule has 0 N–H and O–H groups in total. The van der Waals surface area contributed by atoms with Gasteiger partial charge in [-0.1, -0.05) is 50.2 Å². The minimum absolute atomic E-state index is 0.0288. The lowest BCUT2D eigenvalue weighted by molar-refractivity contribution is -0.119. The Morgan fingerprint density at radius 1 is 0.821 bits per heavy atom. The topological polar surface area (TPSA) is 40.6 Å². The van der Waals surface area contributed by atoms with Crippen LogP contribution in [-0.4, -0.2) is 30.8 Å². The van der Waals surface area contributed by atoms with E-state index in [-0.39, 0.29) is 37.6 Å². The Balaban J connectivity index is 2.28. The van der Waals surface area contributed by atoms with Crippen molar-refractivity contribution in [1.29, 1.82) is 0 Å². The fraction of sp³-hybridized carbons (Fsp3) is 0.364. The van der Waals surface area contributed by atoms with Gasteiger partial charge < -0.3 is 9.80 Å². The van der Waals surface area contributed by atoms with Gasteiger partial charge in [0.05, 0.1) is 6.04 Å². The third-order valence-corrected chi connectivity index (χ3v) is 4.55. The average Bonchev–Trinajstić information content (AvgIpc) is 2.73. The summed E-state index contributed by atoms with van der Waals surface area (Å²) >= 11 is 0. The van der Waals surface area contributed by atoms with Gasteiger partial charge in [-0.3, -0.25) is 9.59 Å². The smallest absolute Gasteiger partial charge is 0.259 e. The van der Waals surface area contributed by atoms with Crippen LogP contribution in [0.25, 0.3) is 0 Å². The van der Waals surface area contributed by atoms with E-state index in [0.717, 1.165) is 0 Å². The van der Waals surface area contributed by atoms with Crippen molar-refractivity contribution in [3.8, 4) is 0 Å². The molecule has 0 heterocycles. The molecule has 0 spiro atoms. The number of hydrogen-bond donors (Lipinski definition) is 0. The second-order valence-corrected chi connectivity index (χ2v) is 6.38. The summed E-state index contributed by atoms with van der Waals surface area (Å²) in [5, 5.41) is 0. The summed E-state index contributed by atoms with van der Waals surface area (Å²) < 4.78 is 27.9. The van der Waals surface area contributed by atoms with E-state index in [1.54, 1.807) is 68.4 Å². The van der Waals surface area contributed by atoms with Crippen molar-refractivity contribution in [1.82, 2.24) is 0 Å². The Kier molecular flexibility index (Phi) is 8.11. The maximum Gasteiger partial charge on any atom is 0.259 e. The number of benzene rings is 2. The van der Waals surface area contributed by atoms with Crippen LogP contribution in [0.15, 0.2) is 60.7 Å². The van der Waals surface area contributed by atoms with Crippen molar-refractivity contribution in [3.05, 3.63) is 60.7 Å². The number of anilines is 2. The van der Waals surface area contributed by atoms with Gasteiger partial charge in [-0.25, -0.2) is 8.78 Å². The summed E-state index contributed by atoms with van der Waals surface area (Å²) in [6, 6.07) is 16.2. The van der Waals surface area contributed by atoms with Crippen LogP contribution in [0, 0.1) is 0 Å². The molecule has 1 atom stereocenters. The summed E-state index contributed by atoms with van der Waals surface area (Å²) in [4.78, 5) is 27.5. The number of rotatable bonds is 9. The number of carbonyl (C=O) groups excluding carboxylic acids is 2. The van der Waals surface area contributed by atoms with E-state index >= 15 is 0 Å². The van der Waals surface area contributed by atoms with Crippen LogP contribution in [0.3, 0.4) is 0 Å². The molecule has 2 aromatic carbocycles. The van der Waals surface area contributed by atoms with Crippen molar-refractivity contribution < 1.29 is 18.4 Å². The van der Waals surface area contributed by atoms with Crippen LogP contribution in [-0.2, 0) is 9.59 Å². The van der Waals surface area contributed by atoms with Gasteiger partial charge in [0.2, 0.25) is 11.8 Å². The molecule has 0 saturated carbocycles. The van der Waals surface area contributed by atoms with E-state index in [1.807, 2.05) is 6.07 Å². The molecular formula is C22H26F2N2O2. The highest BCUT2D eigenvalue weighted by Crippen LogP contribution is 2.25. The highest BCUT2D eigenvalue weighted by Gasteiger charge is 2.32. The van der Waals surface area contributed by atoms with Crippen LogP contribution in [0.1, 0.15) is 33.1 Å². The lowest BCUT2D eigenvalue weighted by atomic mass is 10.1. The molecule has 2 aromatic rings. The number of alkyl halides is 2. The molecule has 2 amide bonds. The molecule has 6 heteroatoms. The Morgan fingerprint density at radius 2 is 1.32 bits per heavy atom. The largest absolute Gasteiger partial charge is 0.312 e. The maximum absolute atomic E-state index is 14.0. The molecule has 0 aliphatic heterocycles. The van der Waals surface area contributed by atoms with Gasteiger partial charge in [-0.2, -0.15) is 0 Å². The van der Waals surface area contributed by atoms with Gasteiger partial charge in [-0.15, -0.1) is 0 Å². The third kappa shape index (κ3) is 5.38. The van der Waals surface area contributed by atoms with Gasteiger partial charge in [0.25, 0.3) is 6.43 Å². The zero-order valence-electron chi connectivity index (χ0n) is 16.2.